The van der Waals surface area contributed by atoms with Crippen molar-refractivity contribution in [2.45, 2.75) is 6.92 Å². The lowest BCUT2D eigenvalue weighted by Crippen LogP contribution is -2.72. The van der Waals surface area contributed by atoms with E-state index in [2.05, 4.69) is 134 Å². The van der Waals surface area contributed by atoms with E-state index in [4.69, 9.17) is 0 Å². The molecular weight excluding hydrogens is 424 g/mol. The van der Waals surface area contributed by atoms with Gasteiger partial charge in [0.05, 0.1) is 0 Å². The van der Waals surface area contributed by atoms with Crippen LogP contribution in [0.3, 0.4) is 0 Å². The van der Waals surface area contributed by atoms with Gasteiger partial charge in [-0.15, -0.1) is 0 Å². The molecule has 1 aliphatic heterocycles. The summed E-state index contributed by atoms with van der Waals surface area (Å²) < 4.78 is 0. The van der Waals surface area contributed by atoms with Gasteiger partial charge >= 0.3 is 0 Å². The molecular formula is C33H24Si. The average Bonchev–Trinajstić information content (AvgIpc) is 3.16. The van der Waals surface area contributed by atoms with Crippen molar-refractivity contribution in [2.24, 2.45) is 0 Å². The first kappa shape index (κ1) is 19.5. The van der Waals surface area contributed by atoms with E-state index in [1.165, 1.54) is 59.0 Å². The van der Waals surface area contributed by atoms with Crippen LogP contribution in [0.1, 0.15) is 5.56 Å². The summed E-state index contributed by atoms with van der Waals surface area (Å²) in [7, 11) is -2.44. The maximum absolute atomic E-state index is 2.51. The van der Waals surface area contributed by atoms with Crippen molar-refractivity contribution in [1.29, 1.82) is 0 Å². The molecule has 0 saturated carbocycles. The number of benzene rings is 6. The van der Waals surface area contributed by atoms with Crippen LogP contribution in [0.4, 0.5) is 0 Å². The summed E-state index contributed by atoms with van der Waals surface area (Å²) in [5.74, 6) is 0. The highest BCUT2D eigenvalue weighted by molar-refractivity contribution is 7.22. The first-order chi connectivity index (χ1) is 16.7. The standard InChI is InChI=1S/C33H24Si/c1-23-16-17-30-31-21-26-19-24-10-8-9-11-25(24)20-27(26)22-33(31)34(32(30)18-23,28-12-4-2-5-13-28)29-14-6-3-7-15-29/h2-22H,1H3. The van der Waals surface area contributed by atoms with Crippen molar-refractivity contribution in [3.63, 3.8) is 0 Å². The van der Waals surface area contributed by atoms with Gasteiger partial charge < -0.3 is 0 Å². The van der Waals surface area contributed by atoms with E-state index in [1.54, 1.807) is 0 Å². The Labute approximate surface area is 201 Å². The van der Waals surface area contributed by atoms with Crippen LogP contribution in [0.15, 0.2) is 127 Å². The van der Waals surface area contributed by atoms with E-state index in [0.29, 0.717) is 0 Å². The smallest absolute Gasteiger partial charge is 0.0623 e. The third kappa shape index (κ3) is 2.65. The number of aryl methyl sites for hydroxylation is 1. The fourth-order valence-corrected chi connectivity index (χ4v) is 11.3. The second-order valence-electron chi connectivity index (χ2n) is 9.48. The Bertz CT molecular complexity index is 1660. The van der Waals surface area contributed by atoms with Crippen molar-refractivity contribution < 1.29 is 0 Å². The van der Waals surface area contributed by atoms with Gasteiger partial charge in [-0.05, 0) is 78.5 Å². The molecule has 6 aromatic rings. The monoisotopic (exact) mass is 448 g/mol. The molecule has 0 aromatic heterocycles. The molecule has 0 aliphatic carbocycles. The third-order valence-corrected chi connectivity index (χ3v) is 12.4. The lowest BCUT2D eigenvalue weighted by Gasteiger charge is -2.31. The zero-order chi connectivity index (χ0) is 22.7. The topological polar surface area (TPSA) is 0 Å². The van der Waals surface area contributed by atoms with Gasteiger partial charge in [-0.1, -0.05) is 115 Å². The molecule has 1 aliphatic rings. The summed E-state index contributed by atoms with van der Waals surface area (Å²) in [5.41, 5.74) is 4.12. The summed E-state index contributed by atoms with van der Waals surface area (Å²) >= 11 is 0. The van der Waals surface area contributed by atoms with E-state index in [0.717, 1.165) is 0 Å². The minimum Gasteiger partial charge on any atom is -0.0623 e. The van der Waals surface area contributed by atoms with Crippen LogP contribution in [0, 0.1) is 6.92 Å². The number of hydrogen-bond acceptors (Lipinski definition) is 0. The number of rotatable bonds is 2. The van der Waals surface area contributed by atoms with Gasteiger partial charge in [0.1, 0.15) is 0 Å². The molecule has 0 saturated heterocycles. The average molecular weight is 449 g/mol. The first-order valence-corrected chi connectivity index (χ1v) is 13.9. The molecule has 7 rings (SSSR count). The number of hydrogen-bond donors (Lipinski definition) is 0. The number of fused-ring (bicyclic) bond motifs is 5. The molecule has 6 aromatic carbocycles. The van der Waals surface area contributed by atoms with Crippen molar-refractivity contribution in [1.82, 2.24) is 0 Å². The zero-order valence-corrected chi connectivity index (χ0v) is 20.1. The van der Waals surface area contributed by atoms with E-state index in [9.17, 15) is 0 Å². The van der Waals surface area contributed by atoms with Crippen LogP contribution < -0.4 is 20.7 Å². The predicted molar refractivity (Wildman–Crippen MR) is 149 cm³/mol. The quantitative estimate of drug-likeness (QED) is 0.236. The molecule has 1 heterocycles. The van der Waals surface area contributed by atoms with E-state index in [-0.39, 0.29) is 0 Å². The van der Waals surface area contributed by atoms with Gasteiger partial charge in [0.25, 0.3) is 0 Å². The Kier molecular flexibility index (Phi) is 4.18. The lowest BCUT2D eigenvalue weighted by atomic mass is 9.98. The van der Waals surface area contributed by atoms with E-state index in [1.807, 2.05) is 0 Å². The summed E-state index contributed by atoms with van der Waals surface area (Å²) in [4.78, 5) is 0. The fraction of sp³-hybridized carbons (Fsp3) is 0.0303. The molecule has 0 nitrogen and oxygen atoms in total. The minimum atomic E-state index is -2.44. The van der Waals surface area contributed by atoms with Crippen LogP contribution in [-0.2, 0) is 0 Å². The Hall–Kier alpha value is -3.94. The highest BCUT2D eigenvalue weighted by Crippen LogP contribution is 2.33. The van der Waals surface area contributed by atoms with Crippen LogP contribution in [0.2, 0.25) is 0 Å². The molecule has 1 heteroatoms. The van der Waals surface area contributed by atoms with Gasteiger partial charge in [0, 0.05) is 0 Å². The normalized spacial score (nSPS) is 13.7. The highest BCUT2D eigenvalue weighted by atomic mass is 28.3. The SMILES string of the molecule is Cc1ccc2c(c1)[Si](c1ccccc1)(c1ccccc1)c1cc3cc4ccccc4cc3cc1-2. The predicted octanol–water partition coefficient (Wildman–Crippen LogP) is 5.66. The molecule has 0 bridgehead atoms. The largest absolute Gasteiger partial charge is 0.180 e. The van der Waals surface area contributed by atoms with Gasteiger partial charge in [0.2, 0.25) is 0 Å². The van der Waals surface area contributed by atoms with Crippen LogP contribution in [-0.4, -0.2) is 8.07 Å². The van der Waals surface area contributed by atoms with Gasteiger partial charge in [-0.25, -0.2) is 0 Å². The summed E-state index contributed by atoms with van der Waals surface area (Å²) in [6, 6.07) is 48.0. The Balaban J connectivity index is 1.67. The van der Waals surface area contributed by atoms with E-state index < -0.39 is 8.07 Å². The lowest BCUT2D eigenvalue weighted by molar-refractivity contribution is 1.49. The molecule has 0 fully saturated rings. The fourth-order valence-electron chi connectivity index (χ4n) is 6.04. The molecule has 0 unspecified atom stereocenters. The molecule has 0 N–H and O–H groups in total. The van der Waals surface area contributed by atoms with Crippen molar-refractivity contribution in [2.75, 3.05) is 0 Å². The minimum absolute atomic E-state index is 1.30. The Morgan fingerprint density at radius 1 is 0.412 bits per heavy atom. The highest BCUT2D eigenvalue weighted by Gasteiger charge is 2.48. The van der Waals surface area contributed by atoms with Crippen LogP contribution in [0.5, 0.6) is 0 Å². The molecule has 0 amide bonds. The van der Waals surface area contributed by atoms with E-state index >= 15 is 0 Å². The van der Waals surface area contributed by atoms with Crippen LogP contribution in [0.25, 0.3) is 32.7 Å². The first-order valence-electron chi connectivity index (χ1n) is 11.9. The molecule has 34 heavy (non-hydrogen) atoms. The summed E-state index contributed by atoms with van der Waals surface area (Å²) in [6.45, 7) is 2.22. The van der Waals surface area contributed by atoms with Crippen molar-refractivity contribution in [3.05, 3.63) is 133 Å². The maximum Gasteiger partial charge on any atom is 0.180 e. The summed E-state index contributed by atoms with van der Waals surface area (Å²) in [5, 5.41) is 11.2. The second kappa shape index (κ2) is 7.28. The second-order valence-corrected chi connectivity index (χ2v) is 13.2. The maximum atomic E-state index is 2.51. The van der Waals surface area contributed by atoms with Gasteiger partial charge in [-0.3, -0.25) is 0 Å². The molecule has 0 radical (unpaired) electrons. The van der Waals surface area contributed by atoms with Crippen LogP contribution >= 0.6 is 0 Å². The Morgan fingerprint density at radius 3 is 1.56 bits per heavy atom. The van der Waals surface area contributed by atoms with Gasteiger partial charge in [-0.2, -0.15) is 0 Å². The molecule has 0 atom stereocenters. The van der Waals surface area contributed by atoms with Crippen molar-refractivity contribution >= 4 is 50.4 Å². The molecule has 0 spiro atoms. The third-order valence-electron chi connectivity index (χ3n) is 7.53. The zero-order valence-electron chi connectivity index (χ0n) is 19.1. The van der Waals surface area contributed by atoms with Crippen molar-refractivity contribution in [3.8, 4) is 11.1 Å². The summed E-state index contributed by atoms with van der Waals surface area (Å²) in [6.07, 6.45) is 0. The van der Waals surface area contributed by atoms with Gasteiger partial charge in [0.15, 0.2) is 8.07 Å². The molecule has 160 valence electrons. The Morgan fingerprint density at radius 2 is 0.941 bits per heavy atom.